The number of rotatable bonds is 4. The maximum absolute atomic E-state index is 13.7. The maximum Gasteiger partial charge on any atom is 0.336 e. The van der Waals surface area contributed by atoms with Crippen LogP contribution in [0.3, 0.4) is 0 Å². The van der Waals surface area contributed by atoms with Crippen molar-refractivity contribution in [2.45, 2.75) is 45.4 Å². The van der Waals surface area contributed by atoms with Crippen LogP contribution in [0.25, 0.3) is 15.9 Å². The summed E-state index contributed by atoms with van der Waals surface area (Å²) < 4.78 is 8.98. The van der Waals surface area contributed by atoms with E-state index in [2.05, 4.69) is 0 Å². The van der Waals surface area contributed by atoms with Gasteiger partial charge in [0.2, 0.25) is 0 Å². The lowest BCUT2D eigenvalue weighted by Crippen LogP contribution is -2.39. The van der Waals surface area contributed by atoms with Crippen molar-refractivity contribution in [1.82, 2.24) is 9.13 Å². The lowest BCUT2D eigenvalue weighted by Gasteiger charge is -2.29. The molecule has 32 heavy (non-hydrogen) atoms. The minimum Gasteiger partial charge on any atom is -0.370 e. The first-order valence-corrected chi connectivity index (χ1v) is 11.8. The number of fused-ring (bicyclic) bond motifs is 3. The molecular weight excluding hydrogens is 444 g/mol. The van der Waals surface area contributed by atoms with Gasteiger partial charge >= 0.3 is 5.69 Å². The van der Waals surface area contributed by atoms with Crippen LogP contribution < -0.4 is 11.2 Å². The summed E-state index contributed by atoms with van der Waals surface area (Å²) in [5.41, 5.74) is 1.61. The average molecular weight is 467 g/mol. The number of hydrogen-bond donors (Lipinski definition) is 0. The summed E-state index contributed by atoms with van der Waals surface area (Å²) in [6.45, 7) is 4.98. The van der Waals surface area contributed by atoms with Gasteiger partial charge in [0.05, 0.1) is 23.3 Å². The standard InChI is InChI=1S/C25H23ClN2O3S/c1-25(2)14-19-20(15-31-25)32-23-21(19)22(29)28(18-10-6-9-17(26)13-18)24(30)27(23)12-11-16-7-4-3-5-8-16/h3-10,13H,11-12,14-15H2,1-2H3. The SMILES string of the molecule is CC1(C)Cc2c(sc3c2c(=O)n(-c2cccc(Cl)c2)c(=O)n3CCc2ccccc2)CO1. The van der Waals surface area contributed by atoms with E-state index in [-0.39, 0.29) is 16.9 Å². The molecule has 0 saturated heterocycles. The molecule has 0 bridgehead atoms. The predicted octanol–water partition coefficient (Wildman–Crippen LogP) is 4.96. The van der Waals surface area contributed by atoms with Crippen LogP contribution in [0.15, 0.2) is 64.2 Å². The number of hydrogen-bond acceptors (Lipinski definition) is 4. The van der Waals surface area contributed by atoms with E-state index in [4.69, 9.17) is 16.3 Å². The van der Waals surface area contributed by atoms with Gasteiger partial charge in [-0.15, -0.1) is 11.3 Å². The predicted molar refractivity (Wildman–Crippen MR) is 129 cm³/mol. The van der Waals surface area contributed by atoms with Crippen LogP contribution in [0.2, 0.25) is 5.02 Å². The summed E-state index contributed by atoms with van der Waals surface area (Å²) in [6, 6.07) is 16.9. The molecule has 0 radical (unpaired) electrons. The monoisotopic (exact) mass is 466 g/mol. The fourth-order valence-corrected chi connectivity index (χ4v) is 5.71. The fraction of sp³-hybridized carbons (Fsp3) is 0.280. The molecule has 7 heteroatoms. The van der Waals surface area contributed by atoms with Crippen LogP contribution in [0, 0.1) is 0 Å². The van der Waals surface area contributed by atoms with Gasteiger partial charge in [0.1, 0.15) is 4.83 Å². The fourth-order valence-electron chi connectivity index (χ4n) is 4.28. The third-order valence-electron chi connectivity index (χ3n) is 5.89. The zero-order valence-electron chi connectivity index (χ0n) is 17.9. The first kappa shape index (κ1) is 21.2. The van der Waals surface area contributed by atoms with Crippen molar-refractivity contribution < 1.29 is 4.74 Å². The number of aryl methyl sites for hydroxylation is 2. The Morgan fingerprint density at radius 1 is 1.09 bits per heavy atom. The highest BCUT2D eigenvalue weighted by Gasteiger charge is 2.32. The highest BCUT2D eigenvalue weighted by molar-refractivity contribution is 7.18. The summed E-state index contributed by atoms with van der Waals surface area (Å²) in [5, 5.41) is 1.10. The highest BCUT2D eigenvalue weighted by atomic mass is 35.5. The van der Waals surface area contributed by atoms with Gasteiger partial charge in [-0.25, -0.2) is 9.36 Å². The lowest BCUT2D eigenvalue weighted by atomic mass is 9.94. The summed E-state index contributed by atoms with van der Waals surface area (Å²) in [4.78, 5) is 29.1. The molecular formula is C25H23ClN2O3S. The Morgan fingerprint density at radius 3 is 2.62 bits per heavy atom. The molecule has 2 aromatic heterocycles. The van der Waals surface area contributed by atoms with Crippen molar-refractivity contribution in [3.05, 3.63) is 96.5 Å². The number of nitrogens with zero attached hydrogens (tertiary/aromatic N) is 2. The van der Waals surface area contributed by atoms with Gasteiger partial charge in [-0.05, 0) is 49.6 Å². The highest BCUT2D eigenvalue weighted by Crippen LogP contribution is 2.37. The molecule has 1 aliphatic rings. The molecule has 1 aliphatic heterocycles. The molecule has 4 aromatic rings. The summed E-state index contributed by atoms with van der Waals surface area (Å²) >= 11 is 7.69. The molecule has 0 N–H and O–H groups in total. The Hall–Kier alpha value is -2.67. The normalized spacial score (nSPS) is 15.1. The molecule has 0 aliphatic carbocycles. The van der Waals surface area contributed by atoms with Crippen LogP contribution in [-0.4, -0.2) is 14.7 Å². The first-order chi connectivity index (χ1) is 15.3. The Labute approximate surface area is 194 Å². The van der Waals surface area contributed by atoms with Gasteiger partial charge < -0.3 is 4.74 Å². The van der Waals surface area contributed by atoms with Crippen molar-refractivity contribution in [3.63, 3.8) is 0 Å². The quantitative estimate of drug-likeness (QED) is 0.427. The minimum atomic E-state index is -0.362. The zero-order valence-corrected chi connectivity index (χ0v) is 19.5. The summed E-state index contributed by atoms with van der Waals surface area (Å²) in [7, 11) is 0. The van der Waals surface area contributed by atoms with Crippen LogP contribution in [0.4, 0.5) is 0 Å². The molecule has 0 unspecified atom stereocenters. The average Bonchev–Trinajstić information content (AvgIpc) is 3.12. The molecule has 0 amide bonds. The second-order valence-corrected chi connectivity index (χ2v) is 10.2. The molecule has 0 fully saturated rings. The van der Waals surface area contributed by atoms with Gasteiger partial charge in [0.15, 0.2) is 0 Å². The molecule has 5 rings (SSSR count). The Bertz CT molecular complexity index is 1430. The van der Waals surface area contributed by atoms with E-state index in [1.807, 2.05) is 44.2 Å². The van der Waals surface area contributed by atoms with Crippen LogP contribution in [0.5, 0.6) is 0 Å². The van der Waals surface area contributed by atoms with E-state index in [1.165, 1.54) is 15.9 Å². The molecule has 0 atom stereocenters. The first-order valence-electron chi connectivity index (χ1n) is 10.6. The molecule has 3 heterocycles. The second-order valence-electron chi connectivity index (χ2n) is 8.70. The Morgan fingerprint density at radius 2 is 1.88 bits per heavy atom. The molecule has 0 saturated carbocycles. The van der Waals surface area contributed by atoms with Crippen molar-refractivity contribution in [1.29, 1.82) is 0 Å². The van der Waals surface area contributed by atoms with Gasteiger partial charge in [-0.1, -0.05) is 48.0 Å². The zero-order chi connectivity index (χ0) is 22.5. The van der Waals surface area contributed by atoms with Gasteiger partial charge in [-0.3, -0.25) is 9.36 Å². The number of halogens is 1. The molecule has 164 valence electrons. The molecule has 5 nitrogen and oxygen atoms in total. The van der Waals surface area contributed by atoms with Gasteiger partial charge in [-0.2, -0.15) is 0 Å². The topological polar surface area (TPSA) is 53.2 Å². The van der Waals surface area contributed by atoms with Crippen LogP contribution in [0.1, 0.15) is 29.9 Å². The minimum absolute atomic E-state index is 0.293. The third kappa shape index (κ3) is 3.72. The van der Waals surface area contributed by atoms with E-state index < -0.39 is 0 Å². The van der Waals surface area contributed by atoms with Gasteiger partial charge in [0.25, 0.3) is 5.56 Å². The molecule has 2 aromatic carbocycles. The van der Waals surface area contributed by atoms with E-state index in [0.29, 0.717) is 42.1 Å². The Kier molecular flexibility index (Phi) is 5.32. The number of thiophene rings is 1. The van der Waals surface area contributed by atoms with E-state index >= 15 is 0 Å². The van der Waals surface area contributed by atoms with Crippen molar-refractivity contribution in [2.24, 2.45) is 0 Å². The number of benzene rings is 2. The van der Waals surface area contributed by atoms with E-state index in [1.54, 1.807) is 28.8 Å². The van der Waals surface area contributed by atoms with E-state index in [0.717, 1.165) is 20.8 Å². The lowest BCUT2D eigenvalue weighted by molar-refractivity contribution is -0.0379. The smallest absolute Gasteiger partial charge is 0.336 e. The maximum atomic E-state index is 13.7. The summed E-state index contributed by atoms with van der Waals surface area (Å²) in [5.74, 6) is 0. The van der Waals surface area contributed by atoms with Crippen molar-refractivity contribution in [3.8, 4) is 5.69 Å². The second kappa shape index (κ2) is 8.03. The van der Waals surface area contributed by atoms with Gasteiger partial charge in [0, 0.05) is 22.9 Å². The number of ether oxygens (including phenoxy) is 1. The van der Waals surface area contributed by atoms with Crippen LogP contribution >= 0.6 is 22.9 Å². The molecule has 0 spiro atoms. The third-order valence-corrected chi connectivity index (χ3v) is 7.35. The van der Waals surface area contributed by atoms with Crippen LogP contribution in [-0.2, 0) is 30.7 Å². The van der Waals surface area contributed by atoms with Crippen molar-refractivity contribution in [2.75, 3.05) is 0 Å². The van der Waals surface area contributed by atoms with E-state index in [9.17, 15) is 9.59 Å². The van der Waals surface area contributed by atoms with Crippen molar-refractivity contribution >= 4 is 33.2 Å². The summed E-state index contributed by atoms with van der Waals surface area (Å²) in [6.07, 6.45) is 1.32. The Balaban J connectivity index is 1.76. The largest absolute Gasteiger partial charge is 0.370 e. The number of aromatic nitrogens is 2.